The van der Waals surface area contributed by atoms with Crippen LogP contribution in [0.25, 0.3) is 0 Å². The van der Waals surface area contributed by atoms with E-state index >= 15 is 0 Å². The fourth-order valence-corrected chi connectivity index (χ4v) is 2.20. The summed E-state index contributed by atoms with van der Waals surface area (Å²) in [6.07, 6.45) is 1.05. The van der Waals surface area contributed by atoms with Gasteiger partial charge in [0.25, 0.3) is 0 Å². The molecule has 0 aliphatic heterocycles. The Morgan fingerprint density at radius 3 is 2.71 bits per heavy atom. The van der Waals surface area contributed by atoms with Crippen LogP contribution in [0.1, 0.15) is 24.8 Å². The van der Waals surface area contributed by atoms with E-state index in [2.05, 4.69) is 0 Å². The monoisotopic (exact) mass is 213 g/mol. The van der Waals surface area contributed by atoms with E-state index < -0.39 is 0 Å². The third-order valence-corrected chi connectivity index (χ3v) is 3.05. The number of hydrogen-bond acceptors (Lipinski definition) is 1. The molecule has 2 N–H and O–H groups in total. The lowest BCUT2D eigenvalue weighted by Gasteiger charge is -2.04. The Labute approximate surface area is 88.1 Å². The highest BCUT2D eigenvalue weighted by molar-refractivity contribution is 6.30. The van der Waals surface area contributed by atoms with Gasteiger partial charge in [-0.05, 0) is 48.9 Å². The van der Waals surface area contributed by atoms with Crippen molar-refractivity contribution in [3.8, 4) is 0 Å². The number of rotatable bonds is 2. The van der Waals surface area contributed by atoms with Crippen LogP contribution >= 0.6 is 11.6 Å². The van der Waals surface area contributed by atoms with Gasteiger partial charge in [0, 0.05) is 11.1 Å². The first kappa shape index (κ1) is 9.94. The number of hydrogen-bond donors (Lipinski definition) is 1. The lowest BCUT2D eigenvalue weighted by molar-refractivity contribution is 0.616. The molecule has 1 fully saturated rings. The van der Waals surface area contributed by atoms with Gasteiger partial charge in [-0.15, -0.1) is 0 Å². The molecule has 0 heterocycles. The van der Waals surface area contributed by atoms with Crippen LogP contribution in [0.15, 0.2) is 18.2 Å². The van der Waals surface area contributed by atoms with Gasteiger partial charge in [-0.3, -0.25) is 0 Å². The van der Waals surface area contributed by atoms with Crippen LogP contribution < -0.4 is 5.73 Å². The topological polar surface area (TPSA) is 26.0 Å². The van der Waals surface area contributed by atoms with Gasteiger partial charge in [0.15, 0.2) is 0 Å². The summed E-state index contributed by atoms with van der Waals surface area (Å²) in [4.78, 5) is 0. The SMILES string of the molecule is CC(N)C1CC1c1cc(F)cc(Cl)c1. The van der Waals surface area contributed by atoms with Crippen molar-refractivity contribution >= 4 is 11.6 Å². The Morgan fingerprint density at radius 1 is 1.50 bits per heavy atom. The Kier molecular flexibility index (Phi) is 2.50. The molecule has 3 atom stereocenters. The van der Waals surface area contributed by atoms with E-state index in [4.69, 9.17) is 17.3 Å². The molecule has 1 aromatic rings. The summed E-state index contributed by atoms with van der Waals surface area (Å²) in [7, 11) is 0. The van der Waals surface area contributed by atoms with Crippen LogP contribution in [0.3, 0.4) is 0 Å². The second kappa shape index (κ2) is 3.52. The molecule has 0 aromatic heterocycles. The maximum Gasteiger partial charge on any atom is 0.124 e. The van der Waals surface area contributed by atoms with E-state index in [0.717, 1.165) is 12.0 Å². The zero-order valence-corrected chi connectivity index (χ0v) is 8.76. The molecular formula is C11H13ClFN. The predicted octanol–water partition coefficient (Wildman–Crippen LogP) is 2.93. The van der Waals surface area contributed by atoms with E-state index in [1.165, 1.54) is 6.07 Å². The van der Waals surface area contributed by atoms with Crippen molar-refractivity contribution in [2.75, 3.05) is 0 Å². The first-order valence-corrected chi connectivity index (χ1v) is 5.17. The van der Waals surface area contributed by atoms with E-state index in [0.29, 0.717) is 16.9 Å². The van der Waals surface area contributed by atoms with Crippen LogP contribution in [-0.2, 0) is 0 Å². The summed E-state index contributed by atoms with van der Waals surface area (Å²) >= 11 is 5.78. The maximum absolute atomic E-state index is 13.0. The number of halogens is 2. The molecule has 76 valence electrons. The lowest BCUT2D eigenvalue weighted by atomic mass is 10.1. The second-order valence-electron chi connectivity index (χ2n) is 4.07. The number of benzene rings is 1. The highest BCUT2D eigenvalue weighted by atomic mass is 35.5. The Hall–Kier alpha value is -0.600. The summed E-state index contributed by atoms with van der Waals surface area (Å²) < 4.78 is 13.0. The van der Waals surface area contributed by atoms with Gasteiger partial charge < -0.3 is 5.73 Å². The zero-order chi connectivity index (χ0) is 10.3. The molecule has 1 saturated carbocycles. The van der Waals surface area contributed by atoms with Gasteiger partial charge >= 0.3 is 0 Å². The minimum absolute atomic E-state index is 0.182. The van der Waals surface area contributed by atoms with Crippen molar-refractivity contribution in [3.05, 3.63) is 34.6 Å². The molecule has 0 spiro atoms. The van der Waals surface area contributed by atoms with Crippen molar-refractivity contribution < 1.29 is 4.39 Å². The average molecular weight is 214 g/mol. The van der Waals surface area contributed by atoms with Gasteiger partial charge in [-0.2, -0.15) is 0 Å². The smallest absolute Gasteiger partial charge is 0.124 e. The number of nitrogens with two attached hydrogens (primary N) is 1. The molecule has 3 heteroatoms. The van der Waals surface area contributed by atoms with Crippen molar-refractivity contribution in [1.29, 1.82) is 0 Å². The van der Waals surface area contributed by atoms with Crippen LogP contribution in [0.4, 0.5) is 4.39 Å². The molecule has 1 aliphatic rings. The summed E-state index contributed by atoms with van der Waals surface area (Å²) in [5.74, 6) is 0.638. The molecule has 0 amide bonds. The van der Waals surface area contributed by atoms with Crippen LogP contribution in [0.5, 0.6) is 0 Å². The average Bonchev–Trinajstić information content (AvgIpc) is 2.79. The van der Waals surface area contributed by atoms with Gasteiger partial charge in [-0.25, -0.2) is 4.39 Å². The predicted molar refractivity (Wildman–Crippen MR) is 55.9 cm³/mol. The molecule has 1 aliphatic carbocycles. The Morgan fingerprint density at radius 2 is 2.21 bits per heavy atom. The van der Waals surface area contributed by atoms with Crippen LogP contribution in [0, 0.1) is 11.7 Å². The molecule has 1 nitrogen and oxygen atoms in total. The van der Waals surface area contributed by atoms with Gasteiger partial charge in [0.05, 0.1) is 0 Å². The first-order valence-electron chi connectivity index (χ1n) is 4.79. The van der Waals surface area contributed by atoms with Crippen LogP contribution in [0.2, 0.25) is 5.02 Å². The molecule has 2 rings (SSSR count). The highest BCUT2D eigenvalue weighted by Gasteiger charge is 2.40. The summed E-state index contributed by atoms with van der Waals surface area (Å²) in [6, 6.07) is 4.90. The summed E-state index contributed by atoms with van der Waals surface area (Å²) in [5, 5.41) is 0.468. The van der Waals surface area contributed by atoms with E-state index in [1.807, 2.05) is 13.0 Å². The minimum Gasteiger partial charge on any atom is -0.328 e. The Balaban J connectivity index is 2.19. The lowest BCUT2D eigenvalue weighted by Crippen LogP contribution is -2.17. The molecule has 14 heavy (non-hydrogen) atoms. The normalized spacial score (nSPS) is 27.4. The molecule has 0 radical (unpaired) electrons. The largest absolute Gasteiger partial charge is 0.328 e. The van der Waals surface area contributed by atoms with Gasteiger partial charge in [0.1, 0.15) is 5.82 Å². The standard InChI is InChI=1S/C11H13ClFN/c1-6(14)10-5-11(10)7-2-8(12)4-9(13)3-7/h2-4,6,10-11H,5,14H2,1H3. The van der Waals surface area contributed by atoms with E-state index in [1.54, 1.807) is 6.07 Å². The van der Waals surface area contributed by atoms with Crippen LogP contribution in [-0.4, -0.2) is 6.04 Å². The molecule has 0 bridgehead atoms. The molecule has 3 unspecified atom stereocenters. The maximum atomic E-state index is 13.0. The molecular weight excluding hydrogens is 201 g/mol. The van der Waals surface area contributed by atoms with Gasteiger partial charge in [-0.1, -0.05) is 11.6 Å². The second-order valence-corrected chi connectivity index (χ2v) is 4.50. The zero-order valence-electron chi connectivity index (χ0n) is 8.00. The van der Waals surface area contributed by atoms with Crippen molar-refractivity contribution in [2.45, 2.75) is 25.3 Å². The Bertz CT molecular complexity index is 331. The molecule has 0 saturated heterocycles. The van der Waals surface area contributed by atoms with Crippen molar-refractivity contribution in [2.24, 2.45) is 11.7 Å². The van der Waals surface area contributed by atoms with Crippen molar-refractivity contribution in [1.82, 2.24) is 0 Å². The fraction of sp³-hybridized carbons (Fsp3) is 0.455. The summed E-state index contributed by atoms with van der Waals surface area (Å²) in [5.41, 5.74) is 6.76. The quantitative estimate of drug-likeness (QED) is 0.803. The highest BCUT2D eigenvalue weighted by Crippen LogP contribution is 2.49. The van der Waals surface area contributed by atoms with E-state index in [9.17, 15) is 4.39 Å². The molecule has 1 aromatic carbocycles. The first-order chi connectivity index (χ1) is 6.58. The third kappa shape index (κ3) is 1.91. The van der Waals surface area contributed by atoms with Crippen molar-refractivity contribution in [3.63, 3.8) is 0 Å². The van der Waals surface area contributed by atoms with Gasteiger partial charge in [0.2, 0.25) is 0 Å². The summed E-state index contributed by atoms with van der Waals surface area (Å²) in [6.45, 7) is 1.99. The third-order valence-electron chi connectivity index (χ3n) is 2.83. The minimum atomic E-state index is -0.261. The van der Waals surface area contributed by atoms with E-state index in [-0.39, 0.29) is 11.9 Å². The fourth-order valence-electron chi connectivity index (χ4n) is 1.97.